The Hall–Kier alpha value is -1.67. The molecule has 0 atom stereocenters. The molecule has 2 aliphatic rings. The van der Waals surface area contributed by atoms with Gasteiger partial charge in [-0.15, -0.1) is 0 Å². The summed E-state index contributed by atoms with van der Waals surface area (Å²) >= 11 is 6.11. The molecule has 2 nitrogen and oxygen atoms in total. The SMILES string of the molecule is Cc1cccc(C)c1N1C=C(C2=CC(Cl)=CCC2)NC1. The molecule has 3 rings (SSSR count). The van der Waals surface area contributed by atoms with Gasteiger partial charge in [-0.05, 0) is 49.5 Å². The number of anilines is 1. The summed E-state index contributed by atoms with van der Waals surface area (Å²) in [5.41, 5.74) is 6.40. The minimum Gasteiger partial charge on any atom is -0.366 e. The molecule has 0 bridgehead atoms. The van der Waals surface area contributed by atoms with E-state index < -0.39 is 0 Å². The van der Waals surface area contributed by atoms with E-state index in [4.69, 9.17) is 11.6 Å². The predicted molar refractivity (Wildman–Crippen MR) is 85.7 cm³/mol. The summed E-state index contributed by atoms with van der Waals surface area (Å²) in [6.45, 7) is 5.14. The molecular formula is C17H19ClN2. The van der Waals surface area contributed by atoms with Crippen molar-refractivity contribution in [2.45, 2.75) is 26.7 Å². The monoisotopic (exact) mass is 286 g/mol. The second-order valence-electron chi connectivity index (χ2n) is 5.39. The fraction of sp³-hybridized carbons (Fsp3) is 0.294. The van der Waals surface area contributed by atoms with Crippen LogP contribution in [0.1, 0.15) is 24.0 Å². The lowest BCUT2D eigenvalue weighted by Gasteiger charge is -2.19. The van der Waals surface area contributed by atoms with E-state index in [-0.39, 0.29) is 0 Å². The van der Waals surface area contributed by atoms with Crippen LogP contribution in [-0.2, 0) is 0 Å². The van der Waals surface area contributed by atoms with Gasteiger partial charge in [-0.2, -0.15) is 0 Å². The van der Waals surface area contributed by atoms with Gasteiger partial charge in [0.15, 0.2) is 0 Å². The van der Waals surface area contributed by atoms with Crippen LogP contribution in [0.2, 0.25) is 0 Å². The Balaban J connectivity index is 1.90. The number of hydrogen-bond acceptors (Lipinski definition) is 2. The summed E-state index contributed by atoms with van der Waals surface area (Å²) in [6.07, 6.45) is 8.42. The van der Waals surface area contributed by atoms with Crippen molar-refractivity contribution < 1.29 is 0 Å². The molecule has 0 saturated carbocycles. The second kappa shape index (κ2) is 5.37. The number of halogens is 1. The maximum Gasteiger partial charge on any atom is 0.0921 e. The van der Waals surface area contributed by atoms with Crippen molar-refractivity contribution in [3.8, 4) is 0 Å². The van der Waals surface area contributed by atoms with Gasteiger partial charge in [0.1, 0.15) is 0 Å². The summed E-state index contributed by atoms with van der Waals surface area (Å²) < 4.78 is 0. The van der Waals surface area contributed by atoms with Gasteiger partial charge in [-0.1, -0.05) is 35.9 Å². The van der Waals surface area contributed by atoms with Gasteiger partial charge in [0.25, 0.3) is 0 Å². The van der Waals surface area contributed by atoms with Gasteiger partial charge in [-0.25, -0.2) is 0 Å². The summed E-state index contributed by atoms with van der Waals surface area (Å²) in [5, 5.41) is 4.33. The van der Waals surface area contributed by atoms with Gasteiger partial charge >= 0.3 is 0 Å². The first kappa shape index (κ1) is 13.3. The first-order valence-corrected chi connectivity index (χ1v) is 7.38. The maximum atomic E-state index is 6.11. The highest BCUT2D eigenvalue weighted by Gasteiger charge is 2.19. The van der Waals surface area contributed by atoms with Crippen molar-refractivity contribution in [1.82, 2.24) is 5.32 Å². The molecule has 0 amide bonds. The van der Waals surface area contributed by atoms with Gasteiger partial charge in [0.2, 0.25) is 0 Å². The highest BCUT2D eigenvalue weighted by molar-refractivity contribution is 6.31. The lowest BCUT2D eigenvalue weighted by Crippen LogP contribution is -2.22. The third kappa shape index (κ3) is 2.48. The van der Waals surface area contributed by atoms with Crippen LogP contribution in [0.5, 0.6) is 0 Å². The van der Waals surface area contributed by atoms with Crippen LogP contribution in [0.3, 0.4) is 0 Å². The van der Waals surface area contributed by atoms with Gasteiger partial charge < -0.3 is 10.2 Å². The van der Waals surface area contributed by atoms with Crippen LogP contribution in [0.25, 0.3) is 0 Å². The van der Waals surface area contributed by atoms with Gasteiger partial charge in [0.05, 0.1) is 12.4 Å². The summed E-state index contributed by atoms with van der Waals surface area (Å²) in [5.74, 6) is 0. The summed E-state index contributed by atoms with van der Waals surface area (Å²) in [6, 6.07) is 6.43. The van der Waals surface area contributed by atoms with E-state index in [2.05, 4.69) is 60.6 Å². The van der Waals surface area contributed by atoms with Crippen LogP contribution >= 0.6 is 11.6 Å². The van der Waals surface area contributed by atoms with Crippen molar-refractivity contribution in [1.29, 1.82) is 0 Å². The number of aryl methyl sites for hydroxylation is 2. The first-order valence-electron chi connectivity index (χ1n) is 7.00. The molecule has 20 heavy (non-hydrogen) atoms. The molecule has 1 aromatic carbocycles. The number of benzene rings is 1. The van der Waals surface area contributed by atoms with Crippen molar-refractivity contribution in [3.05, 3.63) is 64.0 Å². The average molecular weight is 287 g/mol. The molecule has 1 heterocycles. The van der Waals surface area contributed by atoms with Gasteiger partial charge in [-0.3, -0.25) is 0 Å². The molecule has 0 fully saturated rings. The highest BCUT2D eigenvalue weighted by Crippen LogP contribution is 2.30. The topological polar surface area (TPSA) is 15.3 Å². The predicted octanol–water partition coefficient (Wildman–Crippen LogP) is 4.35. The normalized spacial score (nSPS) is 18.4. The molecule has 104 valence electrons. The van der Waals surface area contributed by atoms with Crippen molar-refractivity contribution in [3.63, 3.8) is 0 Å². The van der Waals surface area contributed by atoms with Crippen molar-refractivity contribution in [2.75, 3.05) is 11.6 Å². The number of rotatable bonds is 2. The molecule has 1 aliphatic heterocycles. The molecule has 1 aliphatic carbocycles. The maximum absolute atomic E-state index is 6.11. The molecule has 0 saturated heterocycles. The van der Waals surface area contributed by atoms with E-state index in [9.17, 15) is 0 Å². The lowest BCUT2D eigenvalue weighted by atomic mass is 10.0. The molecule has 1 N–H and O–H groups in total. The van der Waals surface area contributed by atoms with E-state index in [1.165, 1.54) is 28.1 Å². The third-order valence-corrected chi connectivity index (χ3v) is 4.13. The fourth-order valence-corrected chi connectivity index (χ4v) is 3.13. The second-order valence-corrected chi connectivity index (χ2v) is 5.82. The van der Waals surface area contributed by atoms with Crippen molar-refractivity contribution in [2.24, 2.45) is 0 Å². The van der Waals surface area contributed by atoms with Crippen LogP contribution in [-0.4, -0.2) is 6.67 Å². The third-order valence-electron chi connectivity index (χ3n) is 3.86. The Labute approximate surface area is 125 Å². The number of para-hydroxylation sites is 1. The smallest absolute Gasteiger partial charge is 0.0921 e. The minimum absolute atomic E-state index is 0.819. The first-order chi connectivity index (χ1) is 9.65. The molecule has 3 heteroatoms. The Bertz CT molecular complexity index is 606. The largest absolute Gasteiger partial charge is 0.366 e. The zero-order chi connectivity index (χ0) is 14.1. The lowest BCUT2D eigenvalue weighted by molar-refractivity contribution is 0.841. The molecule has 1 aromatic rings. The average Bonchev–Trinajstić information content (AvgIpc) is 2.88. The van der Waals surface area contributed by atoms with E-state index >= 15 is 0 Å². The zero-order valence-electron chi connectivity index (χ0n) is 11.9. The zero-order valence-corrected chi connectivity index (χ0v) is 12.7. The van der Waals surface area contributed by atoms with Crippen LogP contribution in [0.4, 0.5) is 5.69 Å². The van der Waals surface area contributed by atoms with Crippen LogP contribution in [0, 0.1) is 13.8 Å². The molecule has 0 radical (unpaired) electrons. The summed E-state index contributed by atoms with van der Waals surface area (Å²) in [4.78, 5) is 2.28. The Morgan fingerprint density at radius 1 is 1.20 bits per heavy atom. The number of hydrogen-bond donors (Lipinski definition) is 1. The Morgan fingerprint density at radius 2 is 1.95 bits per heavy atom. The number of nitrogens with one attached hydrogen (secondary N) is 1. The number of allylic oxidation sites excluding steroid dienone is 4. The van der Waals surface area contributed by atoms with E-state index in [1.807, 2.05) is 0 Å². The molecule has 0 unspecified atom stereocenters. The van der Waals surface area contributed by atoms with Crippen LogP contribution < -0.4 is 10.2 Å². The van der Waals surface area contributed by atoms with E-state index in [0.29, 0.717) is 0 Å². The molecular weight excluding hydrogens is 268 g/mol. The molecule has 0 spiro atoms. The van der Waals surface area contributed by atoms with Gasteiger partial charge in [0, 0.05) is 16.9 Å². The van der Waals surface area contributed by atoms with E-state index in [1.54, 1.807) is 0 Å². The van der Waals surface area contributed by atoms with Crippen LogP contribution in [0.15, 0.2) is 52.9 Å². The Morgan fingerprint density at radius 3 is 2.65 bits per heavy atom. The molecule has 0 aromatic heterocycles. The fourth-order valence-electron chi connectivity index (χ4n) is 2.89. The standard InChI is InChI=1S/C17H19ClN2/c1-12-5-3-6-13(2)17(12)20-10-16(19-11-20)14-7-4-8-15(18)9-14/h3,5-6,8-10,19H,4,7,11H2,1-2H3. The highest BCUT2D eigenvalue weighted by atomic mass is 35.5. The summed E-state index contributed by atoms with van der Waals surface area (Å²) in [7, 11) is 0. The quantitative estimate of drug-likeness (QED) is 0.869. The number of nitrogens with zero attached hydrogens (tertiary/aromatic N) is 1. The van der Waals surface area contributed by atoms with E-state index in [0.717, 1.165) is 24.5 Å². The minimum atomic E-state index is 0.819. The van der Waals surface area contributed by atoms with Crippen molar-refractivity contribution >= 4 is 17.3 Å². The Kier molecular flexibility index (Phi) is 3.58.